The van der Waals surface area contributed by atoms with Crippen LogP contribution in [0, 0.1) is 28.6 Å². The van der Waals surface area contributed by atoms with Crippen molar-refractivity contribution < 1.29 is 24.6 Å². The van der Waals surface area contributed by atoms with Crippen molar-refractivity contribution in [2.24, 2.45) is 28.6 Å². The molecule has 0 aromatic heterocycles. The van der Waals surface area contributed by atoms with Gasteiger partial charge in [0.15, 0.2) is 0 Å². The average Bonchev–Trinajstić information content (AvgIpc) is 2.96. The van der Waals surface area contributed by atoms with Gasteiger partial charge in [0.25, 0.3) is 5.78 Å². The molecule has 0 radical (unpaired) electrons. The lowest BCUT2D eigenvalue weighted by Crippen LogP contribution is -2.42. The molecule has 152 valence electrons. The zero-order valence-corrected chi connectivity index (χ0v) is 16.2. The highest BCUT2D eigenvalue weighted by molar-refractivity contribution is 6.38. The number of aliphatic hydroxyl groups excluding tert-OH is 1. The third-order valence-electron chi connectivity index (χ3n) is 8.04. The van der Waals surface area contributed by atoms with Crippen LogP contribution in [-0.2, 0) is 14.4 Å². The molecule has 0 heterocycles. The first-order valence-electron chi connectivity index (χ1n) is 10.4. The Balaban J connectivity index is 1.27. The number of rotatable bonds is 6. The summed E-state index contributed by atoms with van der Waals surface area (Å²) in [5.74, 6) is -0.747. The van der Waals surface area contributed by atoms with Gasteiger partial charge in [0.2, 0.25) is 5.91 Å². The van der Waals surface area contributed by atoms with Gasteiger partial charge in [-0.1, -0.05) is 12.1 Å². The Kier molecular flexibility index (Phi) is 3.92. The van der Waals surface area contributed by atoms with E-state index in [4.69, 9.17) is 5.11 Å². The Morgan fingerprint density at radius 3 is 2.72 bits per heavy atom. The molecule has 4 aliphatic carbocycles. The molecule has 1 amide bonds. The molecule has 0 saturated heterocycles. The molecule has 0 aliphatic heterocycles. The van der Waals surface area contributed by atoms with Crippen LogP contribution in [0.5, 0.6) is 0 Å². The molecule has 3 bridgehead atoms. The van der Waals surface area contributed by atoms with E-state index in [1.165, 1.54) is 38.5 Å². The first-order chi connectivity index (χ1) is 13.8. The van der Waals surface area contributed by atoms with E-state index in [9.17, 15) is 19.5 Å². The number of aliphatic carboxylic acids is 1. The van der Waals surface area contributed by atoms with E-state index in [0.717, 1.165) is 17.8 Å². The molecule has 1 aromatic rings. The number of carboxylic acids is 1. The maximum absolute atomic E-state index is 12.8. The number of nitrogens with one attached hydrogen (secondary N) is 1. The molecule has 4 aliphatic rings. The van der Waals surface area contributed by atoms with Gasteiger partial charge in [-0.25, -0.2) is 4.79 Å². The predicted molar refractivity (Wildman–Crippen MR) is 106 cm³/mol. The molecule has 5 atom stereocenters. The summed E-state index contributed by atoms with van der Waals surface area (Å²) in [6, 6.07) is 6.48. The molecule has 6 nitrogen and oxygen atoms in total. The van der Waals surface area contributed by atoms with E-state index in [1.54, 1.807) is 24.3 Å². The summed E-state index contributed by atoms with van der Waals surface area (Å²) in [6.07, 6.45) is 8.89. The number of anilines is 1. The summed E-state index contributed by atoms with van der Waals surface area (Å²) < 4.78 is 0. The van der Waals surface area contributed by atoms with E-state index >= 15 is 0 Å². The highest BCUT2D eigenvalue weighted by atomic mass is 16.4. The second-order valence-corrected chi connectivity index (χ2v) is 9.76. The van der Waals surface area contributed by atoms with Crippen LogP contribution in [0.15, 0.2) is 30.3 Å². The Bertz CT molecular complexity index is 948. The minimum Gasteiger partial charge on any atom is -0.507 e. The molecule has 6 heteroatoms. The summed E-state index contributed by atoms with van der Waals surface area (Å²) in [5, 5.41) is 21.6. The van der Waals surface area contributed by atoms with Crippen molar-refractivity contribution in [2.45, 2.75) is 44.9 Å². The topological polar surface area (TPSA) is 104 Å². The lowest BCUT2D eigenvalue weighted by molar-refractivity contribution is -0.146. The number of benzene rings is 1. The molecule has 4 fully saturated rings. The lowest BCUT2D eigenvalue weighted by Gasteiger charge is -2.49. The van der Waals surface area contributed by atoms with E-state index in [-0.39, 0.29) is 16.9 Å². The monoisotopic (exact) mass is 395 g/mol. The van der Waals surface area contributed by atoms with Gasteiger partial charge in [-0.2, -0.15) is 0 Å². The predicted octanol–water partition coefficient (Wildman–Crippen LogP) is 3.78. The Morgan fingerprint density at radius 1 is 1.10 bits per heavy atom. The van der Waals surface area contributed by atoms with Gasteiger partial charge in [-0.15, -0.1) is 0 Å². The van der Waals surface area contributed by atoms with Crippen molar-refractivity contribution in [3.8, 4) is 0 Å². The highest BCUT2D eigenvalue weighted by Gasteiger charge is 2.70. The number of carboxylic acid groups (broad SMARTS) is 1. The third kappa shape index (κ3) is 2.88. The van der Waals surface area contributed by atoms with Gasteiger partial charge in [-0.3, -0.25) is 9.59 Å². The number of ketones is 1. The minimum absolute atomic E-state index is 0.0113. The highest BCUT2D eigenvalue weighted by Crippen LogP contribution is 2.79. The second-order valence-electron chi connectivity index (χ2n) is 9.76. The average molecular weight is 395 g/mol. The Morgan fingerprint density at radius 2 is 1.93 bits per heavy atom. The maximum Gasteiger partial charge on any atom is 0.376 e. The van der Waals surface area contributed by atoms with Crippen LogP contribution < -0.4 is 5.32 Å². The summed E-state index contributed by atoms with van der Waals surface area (Å²) in [5.41, 5.74) is 1.52. The Labute approximate surface area is 169 Å². The molecular weight excluding hydrogens is 370 g/mol. The zero-order valence-electron chi connectivity index (χ0n) is 16.2. The lowest BCUT2D eigenvalue weighted by atomic mass is 9.55. The summed E-state index contributed by atoms with van der Waals surface area (Å²) in [7, 11) is 0. The first-order valence-corrected chi connectivity index (χ1v) is 10.4. The fourth-order valence-electron chi connectivity index (χ4n) is 7.32. The van der Waals surface area contributed by atoms with Gasteiger partial charge >= 0.3 is 5.97 Å². The van der Waals surface area contributed by atoms with Gasteiger partial charge in [0, 0.05) is 23.7 Å². The summed E-state index contributed by atoms with van der Waals surface area (Å²) in [6.45, 7) is 0. The number of amides is 1. The van der Waals surface area contributed by atoms with E-state index < -0.39 is 17.5 Å². The molecule has 1 aromatic carbocycles. The zero-order chi connectivity index (χ0) is 20.4. The molecule has 4 saturated carbocycles. The van der Waals surface area contributed by atoms with Crippen LogP contribution in [-0.4, -0.2) is 27.9 Å². The maximum atomic E-state index is 12.8. The van der Waals surface area contributed by atoms with Gasteiger partial charge < -0.3 is 15.5 Å². The molecular formula is C23H25NO5. The Hall–Kier alpha value is -2.63. The standard InChI is InChI=1S/C23H25NO5/c25-18(7-19(26)21(28)29)14-2-1-3-17(5-14)24-20(27)11-22-8-13-4-15-6-16(10-22)23(15,9-13)12-22/h1-3,5,7,13,15-16,25H,4,6,8-12H2,(H,24,27)(H,28,29)/b18-7-. The van der Waals surface area contributed by atoms with Crippen molar-refractivity contribution in [1.29, 1.82) is 0 Å². The molecule has 3 N–H and O–H groups in total. The normalized spacial score (nSPS) is 36.4. The fourth-order valence-corrected chi connectivity index (χ4v) is 7.32. The van der Waals surface area contributed by atoms with Gasteiger partial charge in [-0.05, 0) is 79.2 Å². The van der Waals surface area contributed by atoms with Crippen molar-refractivity contribution in [3.63, 3.8) is 0 Å². The molecule has 5 unspecified atom stereocenters. The molecule has 29 heavy (non-hydrogen) atoms. The van der Waals surface area contributed by atoms with Crippen LogP contribution in [0.4, 0.5) is 5.69 Å². The van der Waals surface area contributed by atoms with Crippen molar-refractivity contribution >= 4 is 29.1 Å². The number of aliphatic hydroxyl groups is 1. The van der Waals surface area contributed by atoms with E-state index in [1.807, 2.05) is 0 Å². The van der Waals surface area contributed by atoms with Crippen LogP contribution in [0.2, 0.25) is 0 Å². The van der Waals surface area contributed by atoms with Crippen molar-refractivity contribution in [1.82, 2.24) is 0 Å². The van der Waals surface area contributed by atoms with E-state index in [0.29, 0.717) is 23.6 Å². The smallest absolute Gasteiger partial charge is 0.376 e. The number of carbonyl (C=O) groups excluding carboxylic acids is 2. The van der Waals surface area contributed by atoms with Gasteiger partial charge in [0.1, 0.15) is 5.76 Å². The summed E-state index contributed by atoms with van der Waals surface area (Å²) >= 11 is 0. The SMILES string of the molecule is O=C(CC12CC3CC4CC(C1)C4(C3)C2)Nc1cccc(/C(O)=C/C(=O)C(=O)O)c1. The van der Waals surface area contributed by atoms with E-state index in [2.05, 4.69) is 5.32 Å². The van der Waals surface area contributed by atoms with Crippen LogP contribution in [0.25, 0.3) is 5.76 Å². The quantitative estimate of drug-likeness (QED) is 0.386. The minimum atomic E-state index is -1.63. The van der Waals surface area contributed by atoms with Crippen molar-refractivity contribution in [2.75, 3.05) is 5.32 Å². The number of fused-ring (bicyclic) bond motifs is 2. The summed E-state index contributed by atoms with van der Waals surface area (Å²) in [4.78, 5) is 34.8. The number of carbonyl (C=O) groups is 3. The first kappa shape index (κ1) is 18.4. The van der Waals surface area contributed by atoms with Crippen LogP contribution in [0.3, 0.4) is 0 Å². The number of hydrogen-bond donors (Lipinski definition) is 3. The third-order valence-corrected chi connectivity index (χ3v) is 8.04. The molecule has 5 rings (SSSR count). The second kappa shape index (κ2) is 6.18. The largest absolute Gasteiger partial charge is 0.507 e. The number of hydrogen-bond acceptors (Lipinski definition) is 4. The van der Waals surface area contributed by atoms with Crippen LogP contribution in [0.1, 0.15) is 50.5 Å². The fraction of sp³-hybridized carbons (Fsp3) is 0.522. The van der Waals surface area contributed by atoms with Crippen LogP contribution >= 0.6 is 0 Å². The molecule has 1 spiro atoms. The van der Waals surface area contributed by atoms with Gasteiger partial charge in [0.05, 0.1) is 0 Å². The van der Waals surface area contributed by atoms with Crippen molar-refractivity contribution in [3.05, 3.63) is 35.9 Å².